The van der Waals surface area contributed by atoms with Gasteiger partial charge in [-0.05, 0) is 38.2 Å². The van der Waals surface area contributed by atoms with Gasteiger partial charge in [0.1, 0.15) is 18.3 Å². The van der Waals surface area contributed by atoms with Gasteiger partial charge in [0.15, 0.2) is 11.9 Å². The molecular formula is C47H68O16. The van der Waals surface area contributed by atoms with E-state index in [-0.39, 0.29) is 44.9 Å². The lowest BCUT2D eigenvalue weighted by atomic mass is 9.70. The average Bonchev–Trinajstić information content (AvgIpc) is 3.18. The van der Waals surface area contributed by atoms with Gasteiger partial charge in [0.2, 0.25) is 0 Å². The number of hydrogen-bond acceptors (Lipinski definition) is 16. The van der Waals surface area contributed by atoms with Crippen LogP contribution in [0.5, 0.6) is 0 Å². The summed E-state index contributed by atoms with van der Waals surface area (Å²) in [6, 6.07) is 0. The monoisotopic (exact) mass is 888 g/mol. The average molecular weight is 889 g/mol. The van der Waals surface area contributed by atoms with E-state index in [9.17, 15) is 39.3 Å². The van der Waals surface area contributed by atoms with Crippen LogP contribution in [0.15, 0.2) is 59.8 Å². The lowest BCUT2D eigenvalue weighted by molar-refractivity contribution is -0.348. The van der Waals surface area contributed by atoms with Gasteiger partial charge in [0.05, 0.1) is 62.7 Å². The lowest BCUT2D eigenvalue weighted by Gasteiger charge is -2.53. The number of ether oxygens (including phenoxy) is 8. The minimum Gasteiger partial charge on any atom is -0.466 e. The molecule has 63 heavy (non-hydrogen) atoms. The van der Waals surface area contributed by atoms with Crippen LogP contribution >= 0.6 is 0 Å². The maximum absolute atomic E-state index is 13.4. The van der Waals surface area contributed by atoms with Crippen molar-refractivity contribution in [2.24, 2.45) is 10.8 Å². The molecule has 11 atom stereocenters. The molecule has 4 aliphatic rings. The van der Waals surface area contributed by atoms with E-state index in [0.29, 0.717) is 11.1 Å². The Morgan fingerprint density at radius 2 is 1.59 bits per heavy atom. The number of rotatable bonds is 9. The van der Waals surface area contributed by atoms with Crippen molar-refractivity contribution in [1.82, 2.24) is 0 Å². The second-order valence-corrected chi connectivity index (χ2v) is 18.2. The highest BCUT2D eigenvalue weighted by Crippen LogP contribution is 2.49. The Balaban J connectivity index is 1.85. The predicted octanol–water partition coefficient (Wildman–Crippen LogP) is 4.96. The van der Waals surface area contributed by atoms with Crippen molar-refractivity contribution >= 4 is 29.8 Å². The Labute approximate surface area is 370 Å². The zero-order valence-electron chi connectivity index (χ0n) is 38.1. The first-order chi connectivity index (χ1) is 29.6. The number of carbonyl (C=O) groups excluding carboxylic acids is 5. The topological polar surface area (TPSA) is 220 Å². The number of esters is 5. The number of unbranched alkanes of at least 4 members (excludes halogenated alkanes) is 1. The van der Waals surface area contributed by atoms with Crippen molar-refractivity contribution < 1.29 is 77.2 Å². The molecule has 4 rings (SSSR count). The molecule has 3 N–H and O–H groups in total. The number of fused-ring (bicyclic) bond motifs is 6. The molecule has 0 aromatic rings. The highest BCUT2D eigenvalue weighted by Gasteiger charge is 2.58. The number of aliphatic hydroxyl groups excluding tert-OH is 2. The standard InChI is InChI=1S/C47H68O16/c1-10-11-12-13-14-15-39(51)62-43-31(22-41(53)57-9)21-34-25-37(28(2)48)61-42(54)24-32(50)23-35-26-38(58-29(3)49)46(6,7)47(55,63-35)27-36-19-30(20-40(52)56-8)18-33(59-36)16-17-45(4,5)44(43)60-34/h12-17,20,22,28,32-38,43-44,48,50,55H,10-11,18-19,21,23-27H2,1-9H3/b13-12+,15-14+,17-16+,30-20+,31-22+/t28-,32-,33+,34?,35-,36+,37-,38+,43+,44?,47+/m1/s1. The second kappa shape index (κ2) is 22.6. The van der Waals surface area contributed by atoms with Crippen molar-refractivity contribution in [3.05, 3.63) is 59.8 Å². The molecule has 0 amide bonds. The van der Waals surface area contributed by atoms with Gasteiger partial charge >= 0.3 is 29.8 Å². The molecule has 0 radical (unpaired) electrons. The number of cyclic esters (lactones) is 1. The van der Waals surface area contributed by atoms with Crippen LogP contribution in [0, 0.1) is 10.8 Å². The SMILES string of the molecule is CCC/C=C/C=C/C(=O)O[C@H]1/C(=C/C(=O)OC)CC2C[C@H]([C@@H](C)O)OC(=O)C[C@H](O)C[C@@H]3C[C@H](OC(C)=O)C(C)(C)[C@](O)(C[C@@H]4C/C(=C/C(=O)OC)C[C@H](/C=C/C(C)(C)C1O2)O4)O3. The van der Waals surface area contributed by atoms with E-state index in [1.54, 1.807) is 32.1 Å². The molecule has 0 aromatic carbocycles. The summed E-state index contributed by atoms with van der Waals surface area (Å²) in [5.74, 6) is -5.39. The van der Waals surface area contributed by atoms with Gasteiger partial charge in [-0.1, -0.05) is 77.0 Å². The van der Waals surface area contributed by atoms with E-state index in [2.05, 4.69) is 0 Å². The fourth-order valence-corrected chi connectivity index (χ4v) is 8.56. The summed E-state index contributed by atoms with van der Waals surface area (Å²) < 4.78 is 47.3. The molecule has 0 spiro atoms. The summed E-state index contributed by atoms with van der Waals surface area (Å²) in [4.78, 5) is 64.6. The molecule has 2 unspecified atom stereocenters. The molecule has 4 aliphatic heterocycles. The summed E-state index contributed by atoms with van der Waals surface area (Å²) in [5, 5.41) is 34.6. The van der Waals surface area contributed by atoms with Gasteiger partial charge in [-0.2, -0.15) is 0 Å². The third kappa shape index (κ3) is 14.4. The molecule has 16 nitrogen and oxygen atoms in total. The van der Waals surface area contributed by atoms with E-state index in [1.165, 1.54) is 46.3 Å². The Bertz CT molecular complexity index is 1770. The zero-order chi connectivity index (χ0) is 46.7. The van der Waals surface area contributed by atoms with Gasteiger partial charge in [-0.15, -0.1) is 0 Å². The molecule has 6 bridgehead atoms. The largest absolute Gasteiger partial charge is 0.466 e. The van der Waals surface area contributed by atoms with E-state index in [0.717, 1.165) is 12.8 Å². The maximum atomic E-state index is 13.4. The molecule has 0 saturated carbocycles. The lowest BCUT2D eigenvalue weighted by Crippen LogP contribution is -2.62. The van der Waals surface area contributed by atoms with Crippen molar-refractivity contribution in [3.8, 4) is 0 Å². The normalized spacial score (nSPS) is 35.0. The zero-order valence-corrected chi connectivity index (χ0v) is 38.1. The van der Waals surface area contributed by atoms with Crippen LogP contribution in [-0.2, 0) is 61.9 Å². The maximum Gasteiger partial charge on any atom is 0.331 e. The van der Waals surface area contributed by atoms with E-state index < -0.39 is 114 Å². The third-order valence-electron chi connectivity index (χ3n) is 12.2. The molecule has 3 saturated heterocycles. The molecule has 352 valence electrons. The molecule has 4 heterocycles. The van der Waals surface area contributed by atoms with E-state index >= 15 is 0 Å². The smallest absolute Gasteiger partial charge is 0.331 e. The fraction of sp³-hybridized carbons (Fsp3) is 0.681. The Morgan fingerprint density at radius 3 is 2.24 bits per heavy atom. The van der Waals surface area contributed by atoms with E-state index in [1.807, 2.05) is 32.9 Å². The highest BCUT2D eigenvalue weighted by atomic mass is 16.6. The van der Waals surface area contributed by atoms with Crippen LogP contribution < -0.4 is 0 Å². The minimum absolute atomic E-state index is 0.0315. The first kappa shape index (κ1) is 51.4. The molecular weight excluding hydrogens is 821 g/mol. The quantitative estimate of drug-likeness (QED) is 0.0916. The predicted molar refractivity (Wildman–Crippen MR) is 227 cm³/mol. The minimum atomic E-state index is -2.01. The molecule has 0 aliphatic carbocycles. The van der Waals surface area contributed by atoms with Crippen molar-refractivity contribution in [3.63, 3.8) is 0 Å². The van der Waals surface area contributed by atoms with E-state index in [4.69, 9.17) is 37.9 Å². The number of aliphatic hydroxyl groups is 3. The Kier molecular flexibility index (Phi) is 18.5. The van der Waals surface area contributed by atoms with Gasteiger partial charge in [-0.3, -0.25) is 9.59 Å². The first-order valence-corrected chi connectivity index (χ1v) is 21.8. The highest BCUT2D eigenvalue weighted by molar-refractivity contribution is 5.84. The van der Waals surface area contributed by atoms with Crippen molar-refractivity contribution in [1.29, 1.82) is 0 Å². The number of allylic oxidation sites excluding steroid dienone is 3. The summed E-state index contributed by atoms with van der Waals surface area (Å²) >= 11 is 0. The molecule has 3 fully saturated rings. The number of methoxy groups -OCH3 is 2. The summed E-state index contributed by atoms with van der Waals surface area (Å²) in [6.45, 7) is 11.8. The Morgan fingerprint density at radius 1 is 0.889 bits per heavy atom. The van der Waals surface area contributed by atoms with Crippen molar-refractivity contribution in [2.75, 3.05) is 14.2 Å². The Hall–Kier alpha value is -4.19. The van der Waals surface area contributed by atoms with Crippen LogP contribution in [0.4, 0.5) is 0 Å². The summed E-state index contributed by atoms with van der Waals surface area (Å²) in [7, 11) is 2.49. The summed E-state index contributed by atoms with van der Waals surface area (Å²) in [5.41, 5.74) is -1.18. The third-order valence-corrected chi connectivity index (χ3v) is 12.2. The number of carbonyl (C=O) groups is 5. The van der Waals surface area contributed by atoms with Crippen LogP contribution in [-0.4, -0.2) is 126 Å². The van der Waals surface area contributed by atoms with Crippen LogP contribution in [0.1, 0.15) is 113 Å². The van der Waals surface area contributed by atoms with Crippen LogP contribution in [0.2, 0.25) is 0 Å². The van der Waals surface area contributed by atoms with Crippen LogP contribution in [0.25, 0.3) is 0 Å². The molecule has 0 aromatic heterocycles. The van der Waals surface area contributed by atoms with Crippen LogP contribution in [0.3, 0.4) is 0 Å². The van der Waals surface area contributed by atoms with Gasteiger partial charge in [0, 0.05) is 56.3 Å². The fourth-order valence-electron chi connectivity index (χ4n) is 8.56. The summed E-state index contributed by atoms with van der Waals surface area (Å²) in [6.07, 6.45) is 4.52. The number of hydrogen-bond donors (Lipinski definition) is 3. The second-order valence-electron chi connectivity index (χ2n) is 18.2. The first-order valence-electron chi connectivity index (χ1n) is 21.8. The van der Waals surface area contributed by atoms with Gasteiger partial charge < -0.3 is 53.2 Å². The van der Waals surface area contributed by atoms with Gasteiger partial charge in [-0.25, -0.2) is 14.4 Å². The molecule has 16 heteroatoms. The van der Waals surface area contributed by atoms with Crippen molar-refractivity contribution in [2.45, 2.75) is 180 Å². The van der Waals surface area contributed by atoms with Gasteiger partial charge in [0.25, 0.3) is 0 Å².